The van der Waals surface area contributed by atoms with Crippen LogP contribution in [0.3, 0.4) is 0 Å². The fraction of sp³-hybridized carbons (Fsp3) is 0.917. The molecule has 0 bridgehead atoms. The fourth-order valence-corrected chi connectivity index (χ4v) is 2.74. The van der Waals surface area contributed by atoms with Gasteiger partial charge in [-0.3, -0.25) is 9.69 Å². The van der Waals surface area contributed by atoms with Crippen molar-refractivity contribution < 1.29 is 9.53 Å². The first kappa shape index (κ1) is 11.1. The molecule has 2 aliphatic rings. The summed E-state index contributed by atoms with van der Waals surface area (Å²) >= 11 is 0. The summed E-state index contributed by atoms with van der Waals surface area (Å²) in [5.41, 5.74) is 0.0237. The lowest BCUT2D eigenvalue weighted by Gasteiger charge is -2.47. The molecule has 3 heteroatoms. The molecule has 1 saturated heterocycles. The molecule has 0 aromatic heterocycles. The van der Waals surface area contributed by atoms with E-state index in [2.05, 4.69) is 18.7 Å². The number of morpholine rings is 1. The first-order valence-electron chi connectivity index (χ1n) is 5.98. The summed E-state index contributed by atoms with van der Waals surface area (Å²) in [6, 6.07) is 0.164. The molecule has 0 aromatic carbocycles. The van der Waals surface area contributed by atoms with Crippen molar-refractivity contribution in [1.82, 2.24) is 4.90 Å². The van der Waals surface area contributed by atoms with E-state index in [1.54, 1.807) is 0 Å². The Morgan fingerprint density at radius 2 is 2.20 bits per heavy atom. The molecule has 0 radical (unpaired) electrons. The zero-order valence-electron chi connectivity index (χ0n) is 9.79. The average molecular weight is 211 g/mol. The Labute approximate surface area is 91.8 Å². The monoisotopic (exact) mass is 211 g/mol. The molecule has 2 fully saturated rings. The van der Waals surface area contributed by atoms with Crippen LogP contribution in [0.5, 0.6) is 0 Å². The third kappa shape index (κ3) is 2.23. The highest BCUT2D eigenvalue weighted by molar-refractivity contribution is 5.84. The van der Waals surface area contributed by atoms with E-state index in [9.17, 15) is 4.79 Å². The van der Waals surface area contributed by atoms with Gasteiger partial charge >= 0.3 is 0 Å². The van der Waals surface area contributed by atoms with E-state index in [4.69, 9.17) is 4.74 Å². The van der Waals surface area contributed by atoms with Gasteiger partial charge in [-0.25, -0.2) is 0 Å². The Kier molecular flexibility index (Phi) is 3.12. The number of Topliss-reactive ketones (excluding diaryl/α,β-unsaturated/α-hetero) is 1. The smallest absolute Gasteiger partial charge is 0.149 e. The normalized spacial score (nSPS) is 32.9. The first-order valence-corrected chi connectivity index (χ1v) is 5.98. The Morgan fingerprint density at radius 3 is 2.87 bits per heavy atom. The predicted octanol–water partition coefficient (Wildman–Crippen LogP) is 1.61. The first-order chi connectivity index (χ1) is 7.11. The zero-order chi connectivity index (χ0) is 10.9. The summed E-state index contributed by atoms with van der Waals surface area (Å²) < 4.78 is 5.49. The van der Waals surface area contributed by atoms with Crippen LogP contribution in [0.15, 0.2) is 0 Å². The van der Waals surface area contributed by atoms with Crippen LogP contribution in [0.1, 0.15) is 39.5 Å². The van der Waals surface area contributed by atoms with Crippen LogP contribution in [-0.4, -0.2) is 42.0 Å². The maximum absolute atomic E-state index is 11.9. The molecule has 1 saturated carbocycles. The molecule has 1 aliphatic heterocycles. The largest absolute Gasteiger partial charge is 0.378 e. The van der Waals surface area contributed by atoms with Crippen LogP contribution >= 0.6 is 0 Å². The summed E-state index contributed by atoms with van der Waals surface area (Å²) in [4.78, 5) is 14.3. The Morgan fingerprint density at radius 1 is 1.40 bits per heavy atom. The predicted molar refractivity (Wildman–Crippen MR) is 58.9 cm³/mol. The molecule has 1 heterocycles. The summed E-state index contributed by atoms with van der Waals surface area (Å²) in [5, 5.41) is 0. The topological polar surface area (TPSA) is 29.5 Å². The SMILES string of the molecule is CC1(C)COCCN1C1CCCCC1=O. The number of ether oxygens (including phenoxy) is 1. The molecule has 0 spiro atoms. The van der Waals surface area contributed by atoms with Gasteiger partial charge in [-0.1, -0.05) is 6.42 Å². The molecule has 1 aliphatic carbocycles. The lowest BCUT2D eigenvalue weighted by molar-refractivity contribution is -0.135. The van der Waals surface area contributed by atoms with Gasteiger partial charge in [0.15, 0.2) is 0 Å². The van der Waals surface area contributed by atoms with Gasteiger partial charge in [-0.15, -0.1) is 0 Å². The summed E-state index contributed by atoms with van der Waals surface area (Å²) in [6.07, 6.45) is 4.10. The maximum Gasteiger partial charge on any atom is 0.149 e. The minimum absolute atomic E-state index is 0.0237. The van der Waals surface area contributed by atoms with Crippen molar-refractivity contribution in [3.8, 4) is 0 Å². The molecule has 2 rings (SSSR count). The Bertz CT molecular complexity index is 250. The van der Waals surface area contributed by atoms with E-state index < -0.39 is 0 Å². The van der Waals surface area contributed by atoms with Crippen molar-refractivity contribution in [1.29, 1.82) is 0 Å². The van der Waals surface area contributed by atoms with Gasteiger partial charge in [0.2, 0.25) is 0 Å². The molecule has 0 N–H and O–H groups in total. The second-order valence-corrected chi connectivity index (χ2v) is 5.29. The Balaban J connectivity index is 2.09. The second-order valence-electron chi connectivity index (χ2n) is 5.29. The minimum atomic E-state index is 0.0237. The van der Waals surface area contributed by atoms with Crippen molar-refractivity contribution in [2.45, 2.75) is 51.1 Å². The highest BCUT2D eigenvalue weighted by atomic mass is 16.5. The molecule has 1 unspecified atom stereocenters. The van der Waals surface area contributed by atoms with Crippen molar-refractivity contribution in [3.05, 3.63) is 0 Å². The summed E-state index contributed by atoms with van der Waals surface area (Å²) in [5.74, 6) is 0.441. The average Bonchev–Trinajstić information content (AvgIpc) is 2.19. The lowest BCUT2D eigenvalue weighted by Crippen LogP contribution is -2.59. The van der Waals surface area contributed by atoms with Crippen LogP contribution < -0.4 is 0 Å². The third-order valence-electron chi connectivity index (χ3n) is 3.61. The molecular weight excluding hydrogens is 190 g/mol. The third-order valence-corrected chi connectivity index (χ3v) is 3.61. The lowest BCUT2D eigenvalue weighted by atomic mass is 9.89. The summed E-state index contributed by atoms with van der Waals surface area (Å²) in [6.45, 7) is 6.77. The summed E-state index contributed by atoms with van der Waals surface area (Å²) in [7, 11) is 0. The van der Waals surface area contributed by atoms with Crippen LogP contribution in [0.4, 0.5) is 0 Å². The number of ketones is 1. The van der Waals surface area contributed by atoms with Gasteiger partial charge < -0.3 is 4.74 Å². The second kappa shape index (κ2) is 4.22. The number of nitrogens with zero attached hydrogens (tertiary/aromatic N) is 1. The van der Waals surface area contributed by atoms with E-state index >= 15 is 0 Å². The van der Waals surface area contributed by atoms with Gasteiger partial charge in [0.05, 0.1) is 19.3 Å². The number of carbonyl (C=O) groups is 1. The van der Waals surface area contributed by atoms with Crippen molar-refractivity contribution in [3.63, 3.8) is 0 Å². The van der Waals surface area contributed by atoms with Crippen molar-refractivity contribution in [2.24, 2.45) is 0 Å². The van der Waals surface area contributed by atoms with Crippen molar-refractivity contribution in [2.75, 3.05) is 19.8 Å². The van der Waals surface area contributed by atoms with Gasteiger partial charge in [-0.2, -0.15) is 0 Å². The van der Waals surface area contributed by atoms with Crippen LogP contribution in [0.25, 0.3) is 0 Å². The maximum atomic E-state index is 11.9. The highest BCUT2D eigenvalue weighted by Crippen LogP contribution is 2.28. The number of carbonyl (C=O) groups excluding carboxylic acids is 1. The molecule has 0 aromatic rings. The molecule has 15 heavy (non-hydrogen) atoms. The van der Waals surface area contributed by atoms with Gasteiger partial charge in [0.25, 0.3) is 0 Å². The number of hydrogen-bond donors (Lipinski definition) is 0. The van der Waals surface area contributed by atoms with Crippen LogP contribution in [-0.2, 0) is 9.53 Å². The molecule has 3 nitrogen and oxygen atoms in total. The zero-order valence-corrected chi connectivity index (χ0v) is 9.79. The number of rotatable bonds is 1. The standard InChI is InChI=1S/C12H21NO2/c1-12(2)9-15-8-7-13(12)10-5-3-4-6-11(10)14/h10H,3-9H2,1-2H3. The van der Waals surface area contributed by atoms with Crippen molar-refractivity contribution >= 4 is 5.78 Å². The van der Waals surface area contributed by atoms with E-state index in [-0.39, 0.29) is 11.6 Å². The van der Waals surface area contributed by atoms with Crippen LogP contribution in [0, 0.1) is 0 Å². The van der Waals surface area contributed by atoms with E-state index in [1.165, 1.54) is 6.42 Å². The quantitative estimate of drug-likeness (QED) is 0.660. The molecule has 1 atom stereocenters. The van der Waals surface area contributed by atoms with Gasteiger partial charge in [0, 0.05) is 18.5 Å². The molecular formula is C12H21NO2. The Hall–Kier alpha value is -0.410. The van der Waals surface area contributed by atoms with E-state index in [0.717, 1.165) is 39.0 Å². The highest BCUT2D eigenvalue weighted by Gasteiger charge is 2.39. The van der Waals surface area contributed by atoms with E-state index in [0.29, 0.717) is 5.78 Å². The van der Waals surface area contributed by atoms with E-state index in [1.807, 2.05) is 0 Å². The van der Waals surface area contributed by atoms with Gasteiger partial charge in [-0.05, 0) is 26.7 Å². The number of hydrogen-bond acceptors (Lipinski definition) is 3. The molecule has 86 valence electrons. The van der Waals surface area contributed by atoms with Crippen LogP contribution in [0.2, 0.25) is 0 Å². The fourth-order valence-electron chi connectivity index (χ4n) is 2.74. The minimum Gasteiger partial charge on any atom is -0.378 e. The molecule has 0 amide bonds. The van der Waals surface area contributed by atoms with Gasteiger partial charge in [0.1, 0.15) is 5.78 Å².